The van der Waals surface area contributed by atoms with E-state index in [4.69, 9.17) is 0 Å². The SMILES string of the molecule is CCN[C@H]1C[C@H](C)S(=O)(=O)c2sc(S(=O)(=O)N=CCCCC(CC)C(CC)C(CC)C(CC)C(C)CC)cc21. The van der Waals surface area contributed by atoms with Crippen LogP contribution in [0.4, 0.5) is 0 Å². The Labute approximate surface area is 243 Å². The van der Waals surface area contributed by atoms with Crippen LogP contribution in [-0.4, -0.2) is 34.8 Å². The molecule has 2 rings (SSSR count). The standard InChI is InChI=1S/C30H54N2O4S3/c1-9-21(7)24(11-3)26(13-5)25(12-4)23(10-2)17-15-16-18-32-39(35,36)29-20-27-28(31-14-6)19-22(8)38(33,34)30(27)37-29/h18,20-26,28,31H,9-17,19H2,1-8H3/t21?,22-,23?,24?,25?,26?,28-/m0/s1. The summed E-state index contributed by atoms with van der Waals surface area (Å²) in [6, 6.07) is 1.36. The lowest BCUT2D eigenvalue weighted by molar-refractivity contribution is 0.101. The van der Waals surface area contributed by atoms with Gasteiger partial charge in [-0.05, 0) is 74.8 Å². The van der Waals surface area contributed by atoms with Gasteiger partial charge in [-0.1, -0.05) is 80.6 Å². The van der Waals surface area contributed by atoms with Crippen LogP contribution in [0.5, 0.6) is 0 Å². The molecule has 226 valence electrons. The van der Waals surface area contributed by atoms with Crippen molar-refractivity contribution < 1.29 is 16.8 Å². The van der Waals surface area contributed by atoms with Crippen LogP contribution in [0, 0.1) is 29.6 Å². The first kappa shape index (κ1) is 34.4. The minimum Gasteiger partial charge on any atom is -0.310 e. The predicted octanol–water partition coefficient (Wildman–Crippen LogP) is 8.05. The molecule has 5 unspecified atom stereocenters. The van der Waals surface area contributed by atoms with Crippen molar-refractivity contribution in [1.29, 1.82) is 0 Å². The smallest absolute Gasteiger partial charge is 0.291 e. The van der Waals surface area contributed by atoms with Crippen LogP contribution in [0.1, 0.15) is 125 Å². The van der Waals surface area contributed by atoms with Crippen molar-refractivity contribution in [3.05, 3.63) is 11.6 Å². The highest BCUT2D eigenvalue weighted by molar-refractivity contribution is 7.96. The second-order valence-corrected chi connectivity index (χ2v) is 16.9. The molecule has 7 atom stereocenters. The molecule has 0 saturated heterocycles. The number of nitrogens with zero attached hydrogens (tertiary/aromatic N) is 1. The van der Waals surface area contributed by atoms with Gasteiger partial charge in [0.05, 0.1) is 5.25 Å². The largest absolute Gasteiger partial charge is 0.310 e. The van der Waals surface area contributed by atoms with Gasteiger partial charge in [0.25, 0.3) is 10.0 Å². The summed E-state index contributed by atoms with van der Waals surface area (Å²) in [7, 11) is -7.46. The number of fused-ring (bicyclic) bond motifs is 1. The average Bonchev–Trinajstić information content (AvgIpc) is 3.38. The Bertz CT molecular complexity index is 1130. The Kier molecular flexibility index (Phi) is 13.6. The molecule has 2 heterocycles. The lowest BCUT2D eigenvalue weighted by atomic mass is 9.66. The zero-order valence-corrected chi connectivity index (χ0v) is 28.0. The first-order chi connectivity index (χ1) is 18.4. The lowest BCUT2D eigenvalue weighted by Gasteiger charge is -2.39. The van der Waals surface area contributed by atoms with Gasteiger partial charge in [0.1, 0.15) is 8.42 Å². The first-order valence-corrected chi connectivity index (χ1v) is 19.1. The van der Waals surface area contributed by atoms with Crippen molar-refractivity contribution in [2.45, 2.75) is 133 Å². The van der Waals surface area contributed by atoms with Gasteiger partial charge in [0.2, 0.25) is 0 Å². The van der Waals surface area contributed by atoms with Crippen molar-refractivity contribution in [3.63, 3.8) is 0 Å². The lowest BCUT2D eigenvalue weighted by Crippen LogP contribution is -2.33. The number of thiophene rings is 1. The van der Waals surface area contributed by atoms with Gasteiger partial charge in [-0.3, -0.25) is 0 Å². The summed E-state index contributed by atoms with van der Waals surface area (Å²) in [5.41, 5.74) is 0.568. The highest BCUT2D eigenvalue weighted by Gasteiger charge is 2.39. The van der Waals surface area contributed by atoms with Gasteiger partial charge in [0.15, 0.2) is 9.84 Å². The number of sulfone groups is 1. The van der Waals surface area contributed by atoms with Crippen LogP contribution in [0.15, 0.2) is 18.9 Å². The summed E-state index contributed by atoms with van der Waals surface area (Å²) in [4.78, 5) is 0. The van der Waals surface area contributed by atoms with Gasteiger partial charge < -0.3 is 5.32 Å². The summed E-state index contributed by atoms with van der Waals surface area (Å²) in [6.45, 7) is 18.3. The zero-order valence-electron chi connectivity index (χ0n) is 25.6. The fourth-order valence-corrected chi connectivity index (χ4v) is 11.8. The summed E-state index contributed by atoms with van der Waals surface area (Å²) in [5.74, 6) is 3.52. The molecule has 6 nitrogen and oxygen atoms in total. The number of sulfonamides is 1. The fourth-order valence-electron chi connectivity index (χ4n) is 6.90. The number of rotatable bonds is 17. The fraction of sp³-hybridized carbons (Fsp3) is 0.833. The van der Waals surface area contributed by atoms with Gasteiger partial charge in [0, 0.05) is 17.8 Å². The number of nitrogens with one attached hydrogen (secondary N) is 1. The molecule has 0 saturated carbocycles. The molecule has 0 fully saturated rings. The molecular weight excluding hydrogens is 549 g/mol. The number of unbranched alkanes of at least 4 members (excludes halogenated alkanes) is 1. The van der Waals surface area contributed by atoms with Crippen LogP contribution in [0.25, 0.3) is 0 Å². The second kappa shape index (κ2) is 15.5. The minimum absolute atomic E-state index is 0.0169. The molecule has 1 aromatic heterocycles. The third-order valence-corrected chi connectivity index (χ3v) is 14.9. The molecule has 1 N–H and O–H groups in total. The Morgan fingerprint density at radius 2 is 1.67 bits per heavy atom. The van der Waals surface area contributed by atoms with Crippen molar-refractivity contribution in [3.8, 4) is 0 Å². The van der Waals surface area contributed by atoms with E-state index >= 15 is 0 Å². The maximum atomic E-state index is 13.0. The van der Waals surface area contributed by atoms with Crippen LogP contribution in [-0.2, 0) is 19.9 Å². The number of hydrogen-bond acceptors (Lipinski definition) is 6. The van der Waals surface area contributed by atoms with Gasteiger partial charge in [-0.25, -0.2) is 8.42 Å². The van der Waals surface area contributed by atoms with E-state index < -0.39 is 25.1 Å². The van der Waals surface area contributed by atoms with E-state index in [1.54, 1.807) is 6.92 Å². The van der Waals surface area contributed by atoms with Crippen molar-refractivity contribution in [1.82, 2.24) is 5.32 Å². The quantitative estimate of drug-likeness (QED) is 0.144. The van der Waals surface area contributed by atoms with Gasteiger partial charge in [-0.15, -0.1) is 11.3 Å². The average molecular weight is 603 g/mol. The monoisotopic (exact) mass is 602 g/mol. The van der Waals surface area contributed by atoms with E-state index in [9.17, 15) is 16.8 Å². The van der Waals surface area contributed by atoms with Crippen LogP contribution >= 0.6 is 11.3 Å². The molecular formula is C30H54N2O4S3. The maximum absolute atomic E-state index is 13.0. The van der Waals surface area contributed by atoms with E-state index in [-0.39, 0.29) is 14.5 Å². The Morgan fingerprint density at radius 3 is 2.21 bits per heavy atom. The molecule has 0 radical (unpaired) electrons. The topological polar surface area (TPSA) is 92.7 Å². The van der Waals surface area contributed by atoms with E-state index in [1.807, 2.05) is 6.92 Å². The molecule has 1 aliphatic heterocycles. The molecule has 39 heavy (non-hydrogen) atoms. The molecule has 0 spiro atoms. The zero-order chi connectivity index (χ0) is 29.4. The molecule has 0 aliphatic carbocycles. The van der Waals surface area contributed by atoms with E-state index in [0.29, 0.717) is 36.8 Å². The second-order valence-electron chi connectivity index (χ2n) is 11.5. The van der Waals surface area contributed by atoms with Crippen molar-refractivity contribution >= 4 is 37.4 Å². The first-order valence-electron chi connectivity index (χ1n) is 15.3. The predicted molar refractivity (Wildman–Crippen MR) is 166 cm³/mol. The van der Waals surface area contributed by atoms with Gasteiger partial charge >= 0.3 is 0 Å². The maximum Gasteiger partial charge on any atom is 0.291 e. The third-order valence-electron chi connectivity index (χ3n) is 9.28. The third kappa shape index (κ3) is 8.16. The highest BCUT2D eigenvalue weighted by Crippen LogP contribution is 2.43. The molecule has 1 aromatic rings. The summed E-state index contributed by atoms with van der Waals surface area (Å²) in [6.07, 6.45) is 10.5. The van der Waals surface area contributed by atoms with E-state index in [2.05, 4.69) is 51.3 Å². The summed E-state index contributed by atoms with van der Waals surface area (Å²) < 4.78 is 56.0. The molecule has 9 heteroatoms. The highest BCUT2D eigenvalue weighted by atomic mass is 32.3. The van der Waals surface area contributed by atoms with E-state index in [1.165, 1.54) is 38.0 Å². The molecule has 0 aromatic carbocycles. The minimum atomic E-state index is -3.94. The Morgan fingerprint density at radius 1 is 1.03 bits per heavy atom. The molecule has 0 amide bonds. The number of hydrogen-bond donors (Lipinski definition) is 1. The normalized spacial score (nSPS) is 23.3. The van der Waals surface area contributed by atoms with E-state index in [0.717, 1.165) is 48.4 Å². The summed E-state index contributed by atoms with van der Waals surface area (Å²) in [5, 5.41) is 2.76. The van der Waals surface area contributed by atoms with Crippen LogP contribution < -0.4 is 5.32 Å². The molecule has 0 bridgehead atoms. The van der Waals surface area contributed by atoms with Crippen LogP contribution in [0.2, 0.25) is 0 Å². The van der Waals surface area contributed by atoms with Crippen molar-refractivity contribution in [2.75, 3.05) is 6.54 Å². The Balaban J connectivity index is 2.11. The van der Waals surface area contributed by atoms with Crippen molar-refractivity contribution in [2.24, 2.45) is 34.0 Å². The summed E-state index contributed by atoms with van der Waals surface area (Å²) >= 11 is 0.847. The molecule has 1 aliphatic rings. The van der Waals surface area contributed by atoms with Crippen LogP contribution in [0.3, 0.4) is 0 Å². The van der Waals surface area contributed by atoms with Gasteiger partial charge in [-0.2, -0.15) is 12.8 Å². The Hall–Kier alpha value is -0.770.